The summed E-state index contributed by atoms with van der Waals surface area (Å²) in [5, 5.41) is 0. The van der Waals surface area contributed by atoms with Crippen molar-refractivity contribution in [3.63, 3.8) is 0 Å². The fraction of sp³-hybridized carbons (Fsp3) is 0.600. The summed E-state index contributed by atoms with van der Waals surface area (Å²) in [5.41, 5.74) is 4.97. The Morgan fingerprint density at radius 3 is 2.43 bits per heavy atom. The molecule has 0 spiro atoms. The molecule has 4 heteroatoms. The van der Waals surface area contributed by atoms with E-state index in [2.05, 4.69) is 6.58 Å². The molecule has 0 unspecified atom stereocenters. The van der Waals surface area contributed by atoms with Crippen LogP contribution in [-0.4, -0.2) is 18.5 Å². The molecule has 0 saturated heterocycles. The van der Waals surface area contributed by atoms with Gasteiger partial charge in [-0.2, -0.15) is 0 Å². The van der Waals surface area contributed by atoms with Crippen LogP contribution in [0.15, 0.2) is 12.7 Å². The zero-order chi connectivity index (χ0) is 10.8. The Kier molecular flexibility index (Phi) is 7.50. The van der Waals surface area contributed by atoms with Gasteiger partial charge in [-0.05, 0) is 12.8 Å². The Morgan fingerprint density at radius 1 is 1.21 bits per heavy atom. The molecular weight excluding hydrogens is 182 g/mol. The van der Waals surface area contributed by atoms with Crippen LogP contribution < -0.4 is 5.73 Å². The molecule has 0 saturated carbocycles. The molecule has 0 aliphatic carbocycles. The van der Waals surface area contributed by atoms with Gasteiger partial charge in [0, 0.05) is 12.5 Å². The molecule has 4 nitrogen and oxygen atoms in total. The highest BCUT2D eigenvalue weighted by molar-refractivity contribution is 5.81. The van der Waals surface area contributed by atoms with Gasteiger partial charge in [0.1, 0.15) is 0 Å². The Hall–Kier alpha value is -1.32. The molecule has 14 heavy (non-hydrogen) atoms. The molecule has 80 valence electrons. The van der Waals surface area contributed by atoms with Crippen LogP contribution in [0.2, 0.25) is 0 Å². The molecule has 0 fully saturated rings. The number of unbranched alkanes of at least 4 members (excludes halogenated alkanes) is 3. The van der Waals surface area contributed by atoms with Gasteiger partial charge in [-0.25, -0.2) is 4.79 Å². The molecule has 2 N–H and O–H groups in total. The highest BCUT2D eigenvalue weighted by Gasteiger charge is 1.96. The van der Waals surface area contributed by atoms with Crippen LogP contribution in [0.4, 0.5) is 0 Å². The van der Waals surface area contributed by atoms with Crippen molar-refractivity contribution in [2.75, 3.05) is 6.61 Å². The average molecular weight is 199 g/mol. The van der Waals surface area contributed by atoms with Gasteiger partial charge in [0.05, 0.1) is 6.61 Å². The Bertz CT molecular complexity index is 202. The molecule has 0 aliphatic rings. The topological polar surface area (TPSA) is 69.4 Å². The Labute approximate surface area is 84.1 Å². The number of carbonyl (C=O) groups excluding carboxylic acids is 2. The first-order valence-electron chi connectivity index (χ1n) is 4.74. The van der Waals surface area contributed by atoms with E-state index >= 15 is 0 Å². The minimum Gasteiger partial charge on any atom is -0.463 e. The monoisotopic (exact) mass is 199 g/mol. The van der Waals surface area contributed by atoms with Crippen molar-refractivity contribution in [1.82, 2.24) is 0 Å². The average Bonchev–Trinajstić information content (AvgIpc) is 2.15. The molecule has 0 rings (SSSR count). The smallest absolute Gasteiger partial charge is 0.330 e. The summed E-state index contributed by atoms with van der Waals surface area (Å²) in [6.45, 7) is 3.70. The summed E-state index contributed by atoms with van der Waals surface area (Å²) in [5.74, 6) is -0.648. The van der Waals surface area contributed by atoms with Crippen LogP contribution in [0, 0.1) is 0 Å². The van der Waals surface area contributed by atoms with Crippen LogP contribution in [0.25, 0.3) is 0 Å². The first-order valence-corrected chi connectivity index (χ1v) is 4.74. The van der Waals surface area contributed by atoms with E-state index in [9.17, 15) is 9.59 Å². The van der Waals surface area contributed by atoms with E-state index in [-0.39, 0.29) is 11.9 Å². The number of hydrogen-bond acceptors (Lipinski definition) is 3. The first-order chi connectivity index (χ1) is 6.66. The number of primary amides is 1. The quantitative estimate of drug-likeness (QED) is 0.362. The van der Waals surface area contributed by atoms with E-state index in [1.807, 2.05) is 0 Å². The second-order valence-corrected chi connectivity index (χ2v) is 3.00. The van der Waals surface area contributed by atoms with E-state index in [1.165, 1.54) is 0 Å². The second-order valence-electron chi connectivity index (χ2n) is 3.00. The minimum absolute atomic E-state index is 0.261. The zero-order valence-electron chi connectivity index (χ0n) is 8.33. The number of carbonyl (C=O) groups is 2. The lowest BCUT2D eigenvalue weighted by Crippen LogP contribution is -2.09. The standard InChI is InChI=1S/C10H17NO3/c1-2-10(13)14-8-6-4-3-5-7-9(11)12/h2H,1,3-8H2,(H2,11,12). The fourth-order valence-electron chi connectivity index (χ4n) is 0.987. The number of ether oxygens (including phenoxy) is 1. The van der Waals surface area contributed by atoms with Gasteiger partial charge in [-0.3, -0.25) is 4.79 Å². The number of amides is 1. The summed E-state index contributed by atoms with van der Waals surface area (Å²) in [6.07, 6.45) is 5.09. The van der Waals surface area contributed by atoms with Gasteiger partial charge in [0.2, 0.25) is 5.91 Å². The third kappa shape index (κ3) is 8.77. The van der Waals surface area contributed by atoms with Crippen LogP contribution >= 0.6 is 0 Å². The van der Waals surface area contributed by atoms with Gasteiger partial charge in [-0.1, -0.05) is 19.4 Å². The molecule has 1 amide bonds. The van der Waals surface area contributed by atoms with Crippen molar-refractivity contribution in [2.24, 2.45) is 5.73 Å². The van der Waals surface area contributed by atoms with Gasteiger partial charge in [0.25, 0.3) is 0 Å². The molecule has 0 atom stereocenters. The third-order valence-electron chi connectivity index (χ3n) is 1.73. The predicted octanol–water partition coefficient (Wildman–Crippen LogP) is 1.15. The zero-order valence-corrected chi connectivity index (χ0v) is 8.33. The number of hydrogen-bond donors (Lipinski definition) is 1. The van der Waals surface area contributed by atoms with Crippen LogP contribution in [0.1, 0.15) is 32.1 Å². The molecule has 0 radical (unpaired) electrons. The molecule has 0 bridgehead atoms. The van der Waals surface area contributed by atoms with Gasteiger partial charge >= 0.3 is 5.97 Å². The first kappa shape index (κ1) is 12.7. The second kappa shape index (κ2) is 8.29. The van der Waals surface area contributed by atoms with Gasteiger partial charge in [0.15, 0.2) is 0 Å². The van der Waals surface area contributed by atoms with E-state index in [0.29, 0.717) is 13.0 Å². The van der Waals surface area contributed by atoms with Crippen LogP contribution in [0.5, 0.6) is 0 Å². The van der Waals surface area contributed by atoms with E-state index < -0.39 is 0 Å². The largest absolute Gasteiger partial charge is 0.463 e. The highest BCUT2D eigenvalue weighted by atomic mass is 16.5. The maximum Gasteiger partial charge on any atom is 0.330 e. The van der Waals surface area contributed by atoms with E-state index in [0.717, 1.165) is 31.8 Å². The summed E-state index contributed by atoms with van der Waals surface area (Å²) >= 11 is 0. The van der Waals surface area contributed by atoms with Crippen molar-refractivity contribution >= 4 is 11.9 Å². The normalized spacial score (nSPS) is 9.43. The summed E-state index contributed by atoms with van der Waals surface area (Å²) < 4.78 is 4.77. The predicted molar refractivity (Wildman–Crippen MR) is 53.4 cm³/mol. The van der Waals surface area contributed by atoms with Crippen molar-refractivity contribution < 1.29 is 14.3 Å². The minimum atomic E-state index is -0.387. The number of rotatable bonds is 8. The molecule has 0 aliphatic heterocycles. The SMILES string of the molecule is C=CC(=O)OCCCCCCC(N)=O. The van der Waals surface area contributed by atoms with Crippen LogP contribution in [0.3, 0.4) is 0 Å². The number of esters is 1. The van der Waals surface area contributed by atoms with Gasteiger partial charge < -0.3 is 10.5 Å². The van der Waals surface area contributed by atoms with Crippen molar-refractivity contribution in [1.29, 1.82) is 0 Å². The van der Waals surface area contributed by atoms with Crippen molar-refractivity contribution in [2.45, 2.75) is 32.1 Å². The Morgan fingerprint density at radius 2 is 1.86 bits per heavy atom. The third-order valence-corrected chi connectivity index (χ3v) is 1.73. The lowest BCUT2D eigenvalue weighted by atomic mass is 10.1. The summed E-state index contributed by atoms with van der Waals surface area (Å²) in [7, 11) is 0. The molecule has 0 aromatic heterocycles. The van der Waals surface area contributed by atoms with E-state index in [1.54, 1.807) is 0 Å². The van der Waals surface area contributed by atoms with Crippen molar-refractivity contribution in [3.05, 3.63) is 12.7 Å². The molecule has 0 aromatic carbocycles. The summed E-state index contributed by atoms with van der Waals surface area (Å²) in [4.78, 5) is 20.9. The maximum atomic E-state index is 10.6. The lowest BCUT2D eigenvalue weighted by molar-refractivity contribution is -0.137. The highest BCUT2D eigenvalue weighted by Crippen LogP contribution is 2.02. The number of nitrogens with two attached hydrogens (primary N) is 1. The molecular formula is C10H17NO3. The summed E-state index contributed by atoms with van der Waals surface area (Å²) in [6, 6.07) is 0. The molecule has 0 heterocycles. The Balaban J connectivity index is 3.10. The van der Waals surface area contributed by atoms with Crippen molar-refractivity contribution in [3.8, 4) is 0 Å². The molecule has 0 aromatic rings. The van der Waals surface area contributed by atoms with E-state index in [4.69, 9.17) is 10.5 Å². The fourth-order valence-corrected chi connectivity index (χ4v) is 0.987. The lowest BCUT2D eigenvalue weighted by Gasteiger charge is -2.01. The maximum absolute atomic E-state index is 10.6. The van der Waals surface area contributed by atoms with Gasteiger partial charge in [-0.15, -0.1) is 0 Å². The van der Waals surface area contributed by atoms with Crippen LogP contribution in [-0.2, 0) is 14.3 Å².